The van der Waals surface area contributed by atoms with Crippen LogP contribution in [0.25, 0.3) is 0 Å². The van der Waals surface area contributed by atoms with Crippen molar-refractivity contribution in [2.24, 2.45) is 0 Å². The summed E-state index contributed by atoms with van der Waals surface area (Å²) < 4.78 is 41.6. The molecule has 1 heterocycles. The molecule has 5 heteroatoms. The van der Waals surface area contributed by atoms with E-state index >= 15 is 0 Å². The van der Waals surface area contributed by atoms with Gasteiger partial charge >= 0.3 is 6.18 Å². The van der Waals surface area contributed by atoms with Gasteiger partial charge in [0, 0.05) is 6.07 Å². The van der Waals surface area contributed by atoms with Crippen LogP contribution in [0.1, 0.15) is 19.5 Å². The van der Waals surface area contributed by atoms with E-state index in [0.717, 1.165) is 6.07 Å². The Morgan fingerprint density at radius 3 is 2.43 bits per heavy atom. The van der Waals surface area contributed by atoms with E-state index in [-0.39, 0.29) is 12.0 Å². The number of hydrogen-bond acceptors (Lipinski definition) is 2. The number of nitrogens with zero attached hydrogens (tertiary/aromatic N) is 1. The van der Waals surface area contributed by atoms with Crippen LogP contribution in [0.3, 0.4) is 0 Å². The van der Waals surface area contributed by atoms with Crippen molar-refractivity contribution < 1.29 is 17.9 Å². The Balaban J connectivity index is 2.90. The largest absolute Gasteiger partial charge is 0.475 e. The lowest BCUT2D eigenvalue weighted by Crippen LogP contribution is -2.11. The van der Waals surface area contributed by atoms with Crippen LogP contribution in [0, 0.1) is 0 Å². The average molecular weight is 205 g/mol. The van der Waals surface area contributed by atoms with E-state index in [9.17, 15) is 13.2 Å². The topological polar surface area (TPSA) is 22.1 Å². The van der Waals surface area contributed by atoms with Crippen molar-refractivity contribution in [3.63, 3.8) is 0 Å². The van der Waals surface area contributed by atoms with Crippen LogP contribution in [0.2, 0.25) is 0 Å². The fourth-order valence-electron chi connectivity index (χ4n) is 0.880. The monoisotopic (exact) mass is 205 g/mol. The number of rotatable bonds is 2. The first-order valence-corrected chi connectivity index (χ1v) is 4.10. The van der Waals surface area contributed by atoms with Gasteiger partial charge in [0.15, 0.2) is 0 Å². The van der Waals surface area contributed by atoms with Gasteiger partial charge in [0.1, 0.15) is 5.69 Å². The molecule has 0 aliphatic carbocycles. The maximum atomic E-state index is 12.2. The van der Waals surface area contributed by atoms with Crippen molar-refractivity contribution in [3.8, 4) is 5.88 Å². The molecular formula is C9H10F3NO. The normalized spacial score (nSPS) is 11.9. The van der Waals surface area contributed by atoms with Crippen LogP contribution in [0.5, 0.6) is 5.88 Å². The van der Waals surface area contributed by atoms with Crippen molar-refractivity contribution in [1.82, 2.24) is 4.98 Å². The quantitative estimate of drug-likeness (QED) is 0.740. The Labute approximate surface area is 79.7 Å². The molecule has 1 rings (SSSR count). The summed E-state index contributed by atoms with van der Waals surface area (Å²) in [6, 6.07) is 3.58. The second-order valence-corrected chi connectivity index (χ2v) is 3.03. The van der Waals surface area contributed by atoms with Gasteiger partial charge in [0.25, 0.3) is 0 Å². The van der Waals surface area contributed by atoms with Crippen molar-refractivity contribution in [2.45, 2.75) is 26.1 Å². The van der Waals surface area contributed by atoms with E-state index < -0.39 is 11.9 Å². The van der Waals surface area contributed by atoms with E-state index in [1.54, 1.807) is 13.8 Å². The van der Waals surface area contributed by atoms with Gasteiger partial charge in [-0.05, 0) is 19.9 Å². The first-order chi connectivity index (χ1) is 6.39. The van der Waals surface area contributed by atoms with Crippen LogP contribution >= 0.6 is 0 Å². The van der Waals surface area contributed by atoms with Gasteiger partial charge in [-0.15, -0.1) is 0 Å². The summed E-state index contributed by atoms with van der Waals surface area (Å²) in [7, 11) is 0. The van der Waals surface area contributed by atoms with Crippen molar-refractivity contribution >= 4 is 0 Å². The predicted octanol–water partition coefficient (Wildman–Crippen LogP) is 2.89. The van der Waals surface area contributed by atoms with Crippen molar-refractivity contribution in [2.75, 3.05) is 0 Å². The Bertz CT molecular complexity index is 309. The third-order valence-corrected chi connectivity index (χ3v) is 1.37. The van der Waals surface area contributed by atoms with Crippen LogP contribution in [-0.4, -0.2) is 11.1 Å². The maximum Gasteiger partial charge on any atom is 0.433 e. The molecule has 78 valence electrons. The summed E-state index contributed by atoms with van der Waals surface area (Å²) in [5, 5.41) is 0. The van der Waals surface area contributed by atoms with Crippen molar-refractivity contribution in [1.29, 1.82) is 0 Å². The molecular weight excluding hydrogens is 195 g/mol. The molecule has 0 aliphatic rings. The van der Waals surface area contributed by atoms with Crippen LogP contribution < -0.4 is 4.74 Å². The first-order valence-electron chi connectivity index (χ1n) is 4.10. The molecule has 1 aromatic heterocycles. The van der Waals surface area contributed by atoms with Crippen LogP contribution in [0.4, 0.5) is 13.2 Å². The van der Waals surface area contributed by atoms with E-state index in [4.69, 9.17) is 4.74 Å². The highest BCUT2D eigenvalue weighted by Crippen LogP contribution is 2.28. The minimum atomic E-state index is -4.42. The van der Waals surface area contributed by atoms with Crippen LogP contribution in [0.15, 0.2) is 18.2 Å². The number of alkyl halides is 3. The lowest BCUT2D eigenvalue weighted by atomic mass is 10.3. The molecule has 0 bridgehead atoms. The molecule has 0 unspecified atom stereocenters. The van der Waals surface area contributed by atoms with Gasteiger partial charge in [0.05, 0.1) is 6.10 Å². The molecule has 0 fully saturated rings. The summed E-state index contributed by atoms with van der Waals surface area (Å²) in [5.74, 6) is -0.00479. The first kappa shape index (κ1) is 10.8. The molecule has 0 saturated carbocycles. The number of aromatic nitrogens is 1. The smallest absolute Gasteiger partial charge is 0.433 e. The minimum absolute atomic E-state index is 0.00479. The second kappa shape index (κ2) is 3.86. The Kier molecular flexibility index (Phi) is 2.98. The number of halogens is 3. The maximum absolute atomic E-state index is 12.2. The fraction of sp³-hybridized carbons (Fsp3) is 0.444. The molecule has 0 spiro atoms. The van der Waals surface area contributed by atoms with Crippen LogP contribution in [-0.2, 0) is 6.18 Å². The summed E-state index contributed by atoms with van der Waals surface area (Å²) in [4.78, 5) is 3.34. The molecule has 0 amide bonds. The third-order valence-electron chi connectivity index (χ3n) is 1.37. The van der Waals surface area contributed by atoms with Gasteiger partial charge in [-0.3, -0.25) is 0 Å². The molecule has 0 atom stereocenters. The zero-order valence-corrected chi connectivity index (χ0v) is 7.80. The molecule has 0 N–H and O–H groups in total. The molecule has 2 nitrogen and oxygen atoms in total. The fourth-order valence-corrected chi connectivity index (χ4v) is 0.880. The zero-order chi connectivity index (χ0) is 10.8. The second-order valence-electron chi connectivity index (χ2n) is 3.03. The number of hydrogen-bond donors (Lipinski definition) is 0. The highest BCUT2D eigenvalue weighted by Gasteiger charge is 2.32. The van der Waals surface area contributed by atoms with E-state index in [1.807, 2.05) is 0 Å². The van der Waals surface area contributed by atoms with Gasteiger partial charge in [-0.1, -0.05) is 6.07 Å². The standard InChI is InChI=1S/C9H10F3NO/c1-6(2)14-8-5-3-4-7(13-8)9(10,11)12/h3-6H,1-2H3. The van der Waals surface area contributed by atoms with Gasteiger partial charge in [-0.25, -0.2) is 4.98 Å². The highest BCUT2D eigenvalue weighted by molar-refractivity contribution is 5.17. The molecule has 0 saturated heterocycles. The van der Waals surface area contributed by atoms with E-state index in [1.165, 1.54) is 12.1 Å². The predicted molar refractivity (Wildman–Crippen MR) is 45.0 cm³/mol. The summed E-state index contributed by atoms with van der Waals surface area (Å²) >= 11 is 0. The average Bonchev–Trinajstić information content (AvgIpc) is 2.01. The SMILES string of the molecule is CC(C)Oc1cccc(C(F)(F)F)n1. The molecule has 0 aromatic carbocycles. The lowest BCUT2D eigenvalue weighted by molar-refractivity contribution is -0.141. The van der Waals surface area contributed by atoms with Gasteiger partial charge in [-0.2, -0.15) is 13.2 Å². The molecule has 14 heavy (non-hydrogen) atoms. The number of pyridine rings is 1. The third kappa shape index (κ3) is 2.90. The zero-order valence-electron chi connectivity index (χ0n) is 7.80. The Morgan fingerprint density at radius 2 is 1.93 bits per heavy atom. The Morgan fingerprint density at radius 1 is 1.29 bits per heavy atom. The molecule has 0 radical (unpaired) electrons. The molecule has 1 aromatic rings. The highest BCUT2D eigenvalue weighted by atomic mass is 19.4. The minimum Gasteiger partial charge on any atom is -0.475 e. The lowest BCUT2D eigenvalue weighted by Gasteiger charge is -2.10. The summed E-state index contributed by atoms with van der Waals surface area (Å²) in [6.07, 6.45) is -4.61. The summed E-state index contributed by atoms with van der Waals surface area (Å²) in [6.45, 7) is 3.45. The number of ether oxygens (including phenoxy) is 1. The Hall–Kier alpha value is -1.26. The van der Waals surface area contributed by atoms with E-state index in [0.29, 0.717) is 0 Å². The van der Waals surface area contributed by atoms with E-state index in [2.05, 4.69) is 4.98 Å². The summed E-state index contributed by atoms with van der Waals surface area (Å²) in [5.41, 5.74) is -0.935. The molecule has 0 aliphatic heterocycles. The van der Waals surface area contributed by atoms with Gasteiger partial charge < -0.3 is 4.74 Å². The van der Waals surface area contributed by atoms with Crippen molar-refractivity contribution in [3.05, 3.63) is 23.9 Å². The van der Waals surface area contributed by atoms with Gasteiger partial charge in [0.2, 0.25) is 5.88 Å².